The van der Waals surface area contributed by atoms with Crippen molar-refractivity contribution in [3.8, 4) is 0 Å². The van der Waals surface area contributed by atoms with Gasteiger partial charge in [0.15, 0.2) is 0 Å². The van der Waals surface area contributed by atoms with E-state index in [4.69, 9.17) is 15.2 Å². The number of hydrogen-bond donors (Lipinski definition) is 4. The Balaban J connectivity index is 1.55. The molecule has 1 fully saturated rings. The number of nitrogens with one attached hydrogen (secondary N) is 2. The number of hydrogen-bond acceptors (Lipinski definition) is 7. The maximum atomic E-state index is 13.5. The Kier molecular flexibility index (Phi) is 11.1. The summed E-state index contributed by atoms with van der Waals surface area (Å²) in [6.45, 7) is 4.25. The second-order valence-corrected chi connectivity index (χ2v) is 11.7. The molecule has 0 bridgehead atoms. The highest BCUT2D eigenvalue weighted by molar-refractivity contribution is 5.95. The summed E-state index contributed by atoms with van der Waals surface area (Å²) in [6, 6.07) is 6.77. The van der Waals surface area contributed by atoms with Crippen molar-refractivity contribution in [1.82, 2.24) is 10.6 Å². The number of anilines is 1. The van der Waals surface area contributed by atoms with Gasteiger partial charge in [-0.1, -0.05) is 51.3 Å². The highest BCUT2D eigenvalue weighted by atomic mass is 16.5. The smallest absolute Gasteiger partial charge is 0.407 e. The first kappa shape index (κ1) is 30.8. The molecule has 1 aromatic carbocycles. The van der Waals surface area contributed by atoms with E-state index in [-0.39, 0.29) is 36.7 Å². The average molecular weight is 547 g/mol. The number of fused-ring (bicyclic) bond motifs is 1. The predicted octanol–water partition coefficient (Wildman–Crippen LogP) is 2.51. The summed E-state index contributed by atoms with van der Waals surface area (Å²) < 4.78 is 10.2. The minimum Gasteiger partial charge on any atom is -0.453 e. The topological polar surface area (TPSA) is 143 Å². The molecular weight excluding hydrogens is 500 g/mol. The fourth-order valence-electron chi connectivity index (χ4n) is 5.91. The van der Waals surface area contributed by atoms with E-state index in [0.717, 1.165) is 36.9 Å². The Bertz CT molecular complexity index is 980. The van der Waals surface area contributed by atoms with E-state index in [2.05, 4.69) is 10.6 Å². The van der Waals surface area contributed by atoms with Crippen molar-refractivity contribution in [2.45, 2.75) is 89.5 Å². The number of benzene rings is 1. The van der Waals surface area contributed by atoms with Crippen LogP contribution in [0.3, 0.4) is 0 Å². The van der Waals surface area contributed by atoms with Gasteiger partial charge in [-0.2, -0.15) is 0 Å². The Morgan fingerprint density at radius 1 is 1.15 bits per heavy atom. The quantitative estimate of drug-likeness (QED) is 0.334. The molecule has 10 heteroatoms. The van der Waals surface area contributed by atoms with Crippen LogP contribution in [0, 0.1) is 11.3 Å². The molecule has 3 amide bonds. The van der Waals surface area contributed by atoms with E-state index in [0.29, 0.717) is 19.4 Å². The van der Waals surface area contributed by atoms with Gasteiger partial charge in [0.2, 0.25) is 11.8 Å². The van der Waals surface area contributed by atoms with Crippen molar-refractivity contribution >= 4 is 23.6 Å². The Hall–Kier alpha value is -2.69. The van der Waals surface area contributed by atoms with E-state index >= 15 is 0 Å². The third-order valence-electron chi connectivity index (χ3n) is 7.95. The summed E-state index contributed by atoms with van der Waals surface area (Å²) in [7, 11) is 2.86. The SMILES string of the molecule is COC(=O)NC1Cc2ccccc2N(C(=O)CC(C)(C)C[C@H](N)[C@@H](O)CNC(=O)[C@H](OC)C2CCCCC2)C1. The fourth-order valence-corrected chi connectivity index (χ4v) is 5.91. The van der Waals surface area contributed by atoms with Gasteiger partial charge in [-0.15, -0.1) is 0 Å². The van der Waals surface area contributed by atoms with E-state index < -0.39 is 29.8 Å². The summed E-state index contributed by atoms with van der Waals surface area (Å²) in [5, 5.41) is 16.3. The number of carbonyl (C=O) groups excluding carboxylic acids is 3. The molecule has 1 heterocycles. The number of aliphatic hydroxyl groups excluding tert-OH is 1. The highest BCUT2D eigenvalue weighted by Crippen LogP contribution is 2.33. The summed E-state index contributed by atoms with van der Waals surface area (Å²) >= 11 is 0. The molecular formula is C29H46N4O6. The lowest BCUT2D eigenvalue weighted by atomic mass is 9.80. The first-order valence-corrected chi connectivity index (χ1v) is 14.0. The Morgan fingerprint density at radius 2 is 1.85 bits per heavy atom. The van der Waals surface area contributed by atoms with Crippen molar-refractivity contribution in [2.24, 2.45) is 17.1 Å². The minimum atomic E-state index is -0.962. The molecule has 1 unspecified atom stereocenters. The zero-order valence-corrected chi connectivity index (χ0v) is 23.8. The lowest BCUT2D eigenvalue weighted by molar-refractivity contribution is -0.135. The maximum absolute atomic E-state index is 13.5. The zero-order valence-electron chi connectivity index (χ0n) is 23.8. The molecule has 1 saturated carbocycles. The van der Waals surface area contributed by atoms with Crippen molar-refractivity contribution < 1.29 is 29.0 Å². The van der Waals surface area contributed by atoms with Crippen molar-refractivity contribution in [3.63, 3.8) is 0 Å². The number of amides is 3. The Labute approximate surface area is 232 Å². The molecule has 4 atom stereocenters. The first-order chi connectivity index (χ1) is 18.5. The number of ether oxygens (including phenoxy) is 2. The van der Waals surface area contributed by atoms with Crippen LogP contribution >= 0.6 is 0 Å². The maximum Gasteiger partial charge on any atom is 0.407 e. The predicted molar refractivity (Wildman–Crippen MR) is 149 cm³/mol. The van der Waals surface area contributed by atoms with Gasteiger partial charge in [-0.25, -0.2) is 4.79 Å². The van der Waals surface area contributed by atoms with Crippen molar-refractivity contribution in [2.75, 3.05) is 32.2 Å². The standard InChI is InChI=1S/C29H46N4O6/c1-29(2,15-22(30)24(34)17-31-27(36)26(38-3)19-10-6-5-7-11-19)16-25(35)33-18-21(32-28(37)39-4)14-20-12-8-9-13-23(20)33/h8-9,12-13,19,21-22,24,26,34H,5-7,10-11,14-18,30H2,1-4H3,(H,31,36)(H,32,37)/t21?,22-,24-,26+/m0/s1. The zero-order chi connectivity index (χ0) is 28.6. The second kappa shape index (κ2) is 14.1. The molecule has 0 saturated heterocycles. The third kappa shape index (κ3) is 8.65. The van der Waals surface area contributed by atoms with Crippen LogP contribution in [0.25, 0.3) is 0 Å². The lowest BCUT2D eigenvalue weighted by Crippen LogP contribution is -2.51. The van der Waals surface area contributed by atoms with Gasteiger partial charge in [-0.05, 0) is 48.6 Å². The molecule has 39 heavy (non-hydrogen) atoms. The number of alkyl carbamates (subject to hydrolysis) is 1. The van der Waals surface area contributed by atoms with Crippen molar-refractivity contribution in [1.29, 1.82) is 0 Å². The van der Waals surface area contributed by atoms with Crippen LogP contribution in [0.1, 0.15) is 64.4 Å². The fraction of sp³-hybridized carbons (Fsp3) is 0.690. The molecule has 0 radical (unpaired) electrons. The van der Waals surface area contributed by atoms with E-state index in [1.165, 1.54) is 13.5 Å². The molecule has 0 aromatic heterocycles. The molecule has 1 aromatic rings. The molecule has 0 spiro atoms. The van der Waals surface area contributed by atoms with Gasteiger partial charge in [0.1, 0.15) is 6.10 Å². The van der Waals surface area contributed by atoms with Gasteiger partial charge in [0, 0.05) is 38.3 Å². The van der Waals surface area contributed by atoms with Crippen LogP contribution in [0.2, 0.25) is 0 Å². The van der Waals surface area contributed by atoms with Crippen LogP contribution in [-0.4, -0.2) is 74.6 Å². The number of carbonyl (C=O) groups is 3. The highest BCUT2D eigenvalue weighted by Gasteiger charge is 2.35. The van der Waals surface area contributed by atoms with E-state index in [1.54, 1.807) is 12.0 Å². The van der Waals surface area contributed by atoms with E-state index in [1.807, 2.05) is 38.1 Å². The number of nitrogens with two attached hydrogens (primary N) is 1. The Morgan fingerprint density at radius 3 is 2.51 bits per heavy atom. The summed E-state index contributed by atoms with van der Waals surface area (Å²) in [5.74, 6) is -0.111. The number of nitrogens with zero attached hydrogens (tertiary/aromatic N) is 1. The van der Waals surface area contributed by atoms with Gasteiger partial charge in [-0.3, -0.25) is 9.59 Å². The largest absolute Gasteiger partial charge is 0.453 e. The van der Waals surface area contributed by atoms with Crippen LogP contribution in [0.5, 0.6) is 0 Å². The number of methoxy groups -OCH3 is 2. The third-order valence-corrected chi connectivity index (χ3v) is 7.95. The number of para-hydroxylation sites is 1. The molecule has 10 nitrogen and oxygen atoms in total. The molecule has 2 aliphatic rings. The second-order valence-electron chi connectivity index (χ2n) is 11.7. The normalized spacial score (nSPS) is 20.4. The first-order valence-electron chi connectivity index (χ1n) is 14.0. The van der Waals surface area contributed by atoms with Crippen LogP contribution in [-0.2, 0) is 25.5 Å². The monoisotopic (exact) mass is 546 g/mol. The molecule has 218 valence electrons. The minimum absolute atomic E-state index is 0.0248. The summed E-state index contributed by atoms with van der Waals surface area (Å²) in [4.78, 5) is 39.8. The molecule has 3 rings (SSSR count). The van der Waals surface area contributed by atoms with Gasteiger partial charge >= 0.3 is 6.09 Å². The van der Waals surface area contributed by atoms with Crippen LogP contribution in [0.4, 0.5) is 10.5 Å². The average Bonchev–Trinajstić information content (AvgIpc) is 2.91. The summed E-state index contributed by atoms with van der Waals surface area (Å²) in [5.41, 5.74) is 7.63. The summed E-state index contributed by atoms with van der Waals surface area (Å²) in [6.07, 6.45) is 4.50. The number of aliphatic hydroxyl groups is 1. The van der Waals surface area contributed by atoms with Crippen LogP contribution < -0.4 is 21.3 Å². The molecule has 1 aliphatic heterocycles. The van der Waals surface area contributed by atoms with E-state index in [9.17, 15) is 19.5 Å². The number of rotatable bonds is 11. The lowest BCUT2D eigenvalue weighted by Gasteiger charge is -2.37. The molecule has 5 N–H and O–H groups in total. The van der Waals surface area contributed by atoms with Gasteiger partial charge in [0.05, 0.1) is 19.3 Å². The van der Waals surface area contributed by atoms with Gasteiger partial charge in [0.25, 0.3) is 0 Å². The van der Waals surface area contributed by atoms with Crippen molar-refractivity contribution in [3.05, 3.63) is 29.8 Å². The van der Waals surface area contributed by atoms with Crippen LogP contribution in [0.15, 0.2) is 24.3 Å². The molecule has 1 aliphatic carbocycles. The van der Waals surface area contributed by atoms with Gasteiger partial charge < -0.3 is 35.8 Å².